The van der Waals surface area contributed by atoms with Gasteiger partial charge in [-0.05, 0) is 12.3 Å². The largest absolute Gasteiger partial charge is 0.286 e. The molecule has 0 aromatic rings. The van der Waals surface area contributed by atoms with Crippen LogP contribution in [0.3, 0.4) is 0 Å². The first-order valence-corrected chi connectivity index (χ1v) is 6.05. The number of hydrogen-bond acceptors (Lipinski definition) is 2. The molecule has 0 saturated heterocycles. The van der Waals surface area contributed by atoms with Gasteiger partial charge in [0.1, 0.15) is 0 Å². The van der Waals surface area contributed by atoms with Crippen molar-refractivity contribution in [3.8, 4) is 0 Å². The van der Waals surface area contributed by atoms with Gasteiger partial charge in [0.25, 0.3) is 10.1 Å². The van der Waals surface area contributed by atoms with Crippen molar-refractivity contribution in [1.29, 1.82) is 0 Å². The summed E-state index contributed by atoms with van der Waals surface area (Å²) in [5.74, 6) is 0.0451. The third-order valence-electron chi connectivity index (χ3n) is 1.99. The van der Waals surface area contributed by atoms with Gasteiger partial charge in [-0.25, -0.2) is 0 Å². The van der Waals surface area contributed by atoms with Crippen molar-refractivity contribution >= 4 is 47.9 Å². The van der Waals surface area contributed by atoms with Crippen molar-refractivity contribution in [2.45, 2.75) is 39.5 Å². The van der Waals surface area contributed by atoms with E-state index in [4.69, 9.17) is 4.55 Å². The van der Waals surface area contributed by atoms with Crippen molar-refractivity contribution in [2.75, 3.05) is 5.75 Å². The van der Waals surface area contributed by atoms with Crippen LogP contribution in [0.5, 0.6) is 0 Å². The maximum absolute atomic E-state index is 10.5. The Morgan fingerprint density at radius 3 is 2.15 bits per heavy atom. The summed E-state index contributed by atoms with van der Waals surface area (Å²) in [6.07, 6.45) is 3.82. The van der Waals surface area contributed by atoms with E-state index in [0.29, 0.717) is 0 Å². The van der Waals surface area contributed by atoms with E-state index >= 15 is 0 Å². The quantitative estimate of drug-likeness (QED) is 0.562. The summed E-state index contributed by atoms with van der Waals surface area (Å²) < 4.78 is 29.6. The van der Waals surface area contributed by atoms with Crippen LogP contribution in [0.15, 0.2) is 0 Å². The van der Waals surface area contributed by atoms with Crippen LogP contribution in [0.1, 0.15) is 39.5 Å². The molecule has 1 unspecified atom stereocenters. The number of unbranched alkanes of at least 4 members (excludes halogenated alkanes) is 1. The Balaban J connectivity index is 0. The zero-order chi connectivity index (χ0) is 9.61. The SMILES string of the molecule is CCCCC(CC)CS(=O)(=O)O.[Ca]. The van der Waals surface area contributed by atoms with Crippen molar-refractivity contribution in [3.05, 3.63) is 0 Å². The second-order valence-electron chi connectivity index (χ2n) is 3.17. The molecule has 76 valence electrons. The molecule has 0 saturated carbocycles. The molecule has 0 aliphatic carbocycles. The van der Waals surface area contributed by atoms with Crippen LogP contribution in [0, 0.1) is 5.92 Å². The summed E-state index contributed by atoms with van der Waals surface area (Å²) in [6.45, 7) is 4.02. The first-order valence-electron chi connectivity index (χ1n) is 4.44. The fraction of sp³-hybridized carbons (Fsp3) is 1.00. The molecule has 5 heteroatoms. The van der Waals surface area contributed by atoms with Crippen LogP contribution in [0.25, 0.3) is 0 Å². The monoisotopic (exact) mass is 234 g/mol. The molecule has 0 fully saturated rings. The Kier molecular flexibility index (Phi) is 10.8. The fourth-order valence-corrected chi connectivity index (χ4v) is 2.19. The molecule has 3 nitrogen and oxygen atoms in total. The summed E-state index contributed by atoms with van der Waals surface area (Å²) in [4.78, 5) is 0. The maximum Gasteiger partial charge on any atom is 0.265 e. The van der Waals surface area contributed by atoms with E-state index in [2.05, 4.69) is 6.92 Å². The summed E-state index contributed by atoms with van der Waals surface area (Å²) in [7, 11) is -3.77. The average molecular weight is 234 g/mol. The maximum atomic E-state index is 10.5. The second kappa shape index (κ2) is 8.48. The Labute approximate surface area is 111 Å². The van der Waals surface area contributed by atoms with E-state index in [1.165, 1.54) is 0 Å². The molecule has 0 aromatic heterocycles. The van der Waals surface area contributed by atoms with Gasteiger partial charge in [-0.3, -0.25) is 4.55 Å². The third kappa shape index (κ3) is 11.1. The standard InChI is InChI=1S/C8H18O3S.Ca/c1-3-5-6-8(4-2)7-12(9,10)11;/h8H,3-7H2,1-2H3,(H,9,10,11);. The van der Waals surface area contributed by atoms with Gasteiger partial charge in [0.2, 0.25) is 0 Å². The van der Waals surface area contributed by atoms with E-state index < -0.39 is 10.1 Å². The van der Waals surface area contributed by atoms with Gasteiger partial charge in [0.15, 0.2) is 0 Å². The average Bonchev–Trinajstić information content (AvgIpc) is 1.95. The molecule has 0 heterocycles. The minimum Gasteiger partial charge on any atom is -0.286 e. The summed E-state index contributed by atoms with van der Waals surface area (Å²) in [5.41, 5.74) is 0. The van der Waals surface area contributed by atoms with Gasteiger partial charge in [0.05, 0.1) is 5.75 Å². The van der Waals surface area contributed by atoms with Crippen LogP contribution in [0.4, 0.5) is 0 Å². The van der Waals surface area contributed by atoms with E-state index in [1.54, 1.807) is 0 Å². The van der Waals surface area contributed by atoms with Gasteiger partial charge in [-0.15, -0.1) is 0 Å². The molecule has 1 N–H and O–H groups in total. The summed E-state index contributed by atoms with van der Waals surface area (Å²) >= 11 is 0. The van der Waals surface area contributed by atoms with Gasteiger partial charge >= 0.3 is 0 Å². The normalized spacial score (nSPS) is 13.5. The Hall–Kier alpha value is 1.17. The van der Waals surface area contributed by atoms with Crippen LogP contribution in [-0.4, -0.2) is 56.5 Å². The molecule has 0 aromatic carbocycles. The molecule has 0 aliphatic rings. The fourth-order valence-electron chi connectivity index (χ4n) is 1.20. The molecule has 0 bridgehead atoms. The zero-order valence-electron chi connectivity index (χ0n) is 8.49. The van der Waals surface area contributed by atoms with E-state index in [-0.39, 0.29) is 49.4 Å². The molecule has 0 rings (SSSR count). The minimum atomic E-state index is -3.77. The van der Waals surface area contributed by atoms with Crippen LogP contribution < -0.4 is 0 Å². The molecule has 2 radical (unpaired) electrons. The zero-order valence-corrected chi connectivity index (χ0v) is 11.5. The van der Waals surface area contributed by atoms with Crippen LogP contribution in [0.2, 0.25) is 0 Å². The van der Waals surface area contributed by atoms with Crippen LogP contribution in [-0.2, 0) is 10.1 Å². The topological polar surface area (TPSA) is 54.4 Å². The Morgan fingerprint density at radius 2 is 1.85 bits per heavy atom. The van der Waals surface area contributed by atoms with Gasteiger partial charge in [0, 0.05) is 37.7 Å². The molecular weight excluding hydrogens is 216 g/mol. The Bertz CT molecular complexity index is 201. The predicted octanol–water partition coefficient (Wildman–Crippen LogP) is 1.71. The first kappa shape index (κ1) is 16.6. The van der Waals surface area contributed by atoms with Gasteiger partial charge in [-0.2, -0.15) is 8.42 Å². The van der Waals surface area contributed by atoms with Crippen molar-refractivity contribution in [1.82, 2.24) is 0 Å². The predicted molar refractivity (Wildman–Crippen MR) is 55.5 cm³/mol. The minimum absolute atomic E-state index is 0. The van der Waals surface area contributed by atoms with E-state index in [9.17, 15) is 8.42 Å². The van der Waals surface area contributed by atoms with Crippen molar-refractivity contribution in [3.63, 3.8) is 0 Å². The van der Waals surface area contributed by atoms with Gasteiger partial charge < -0.3 is 0 Å². The molecule has 13 heavy (non-hydrogen) atoms. The summed E-state index contributed by atoms with van der Waals surface area (Å²) in [6, 6.07) is 0. The molecule has 0 amide bonds. The van der Waals surface area contributed by atoms with Crippen LogP contribution >= 0.6 is 0 Å². The molecular formula is C8H18CaO3S. The first-order chi connectivity index (χ1) is 5.49. The molecule has 0 aliphatic heterocycles. The third-order valence-corrected chi connectivity index (χ3v) is 2.88. The van der Waals surface area contributed by atoms with E-state index in [1.807, 2.05) is 6.92 Å². The number of rotatable bonds is 6. The van der Waals surface area contributed by atoms with Crippen molar-refractivity contribution < 1.29 is 13.0 Å². The molecule has 1 atom stereocenters. The smallest absolute Gasteiger partial charge is 0.265 e. The van der Waals surface area contributed by atoms with Crippen molar-refractivity contribution in [2.24, 2.45) is 5.92 Å². The Morgan fingerprint density at radius 1 is 1.31 bits per heavy atom. The molecule has 0 spiro atoms. The summed E-state index contributed by atoms with van der Waals surface area (Å²) in [5, 5.41) is 0. The number of hydrogen-bond donors (Lipinski definition) is 1. The van der Waals surface area contributed by atoms with Gasteiger partial charge in [-0.1, -0.05) is 33.1 Å². The van der Waals surface area contributed by atoms with E-state index in [0.717, 1.165) is 25.7 Å². The second-order valence-corrected chi connectivity index (χ2v) is 4.66.